The number of rotatable bonds is 3. The van der Waals surface area contributed by atoms with Gasteiger partial charge in [-0.05, 0) is 55.2 Å². The van der Waals surface area contributed by atoms with E-state index in [4.69, 9.17) is 9.72 Å². The number of aliphatic hydroxyl groups is 1. The van der Waals surface area contributed by atoms with Crippen molar-refractivity contribution in [2.45, 2.75) is 58.9 Å². The number of nitrogens with zero attached hydrogens (tertiary/aromatic N) is 3. The number of esters is 1. The Bertz CT molecular complexity index is 1630. The average molecular weight is 518 g/mol. The first-order valence-corrected chi connectivity index (χ1v) is 12.3. The van der Waals surface area contributed by atoms with Gasteiger partial charge in [0, 0.05) is 28.6 Å². The summed E-state index contributed by atoms with van der Waals surface area (Å²) < 4.78 is 9.14. The van der Waals surface area contributed by atoms with Crippen molar-refractivity contribution in [3.63, 3.8) is 0 Å². The van der Waals surface area contributed by atoms with Crippen LogP contribution in [0, 0.1) is 13.8 Å². The molecule has 2 aliphatic rings. The molecule has 7 nitrogen and oxygen atoms in total. The second-order valence-corrected chi connectivity index (χ2v) is 9.95. The molecular weight excluding hydrogens is 490 g/mol. The summed E-state index contributed by atoms with van der Waals surface area (Å²) in [6.45, 7) is 6.88. The highest BCUT2D eigenvalue weighted by Gasteiger charge is 2.40. The summed E-state index contributed by atoms with van der Waals surface area (Å²) >= 11 is 0. The molecule has 0 amide bonds. The molecule has 190 valence electrons. The van der Waals surface area contributed by atoms with Gasteiger partial charge >= 0.3 is 5.97 Å². The molecule has 0 radical (unpaired) electrons. The van der Waals surface area contributed by atoms with E-state index in [0.29, 0.717) is 36.3 Å². The highest BCUT2D eigenvalue weighted by molar-refractivity contribution is 5.89. The molecule has 0 aliphatic carbocycles. The lowest BCUT2D eigenvalue weighted by atomic mass is 9.85. The number of halogens is 1. The van der Waals surface area contributed by atoms with E-state index in [1.165, 1.54) is 5.56 Å². The van der Waals surface area contributed by atoms with Gasteiger partial charge in [0.05, 0.1) is 35.4 Å². The van der Waals surface area contributed by atoms with E-state index in [-0.39, 0.29) is 31.0 Å². The fourth-order valence-corrected chi connectivity index (χ4v) is 5.52. The lowest BCUT2D eigenvalue weighted by Crippen LogP contribution is -3.00. The summed E-state index contributed by atoms with van der Waals surface area (Å²) in [7, 11) is 0. The molecular formula is C29H28ClN3O4. The third-order valence-electron chi connectivity index (χ3n) is 7.80. The Morgan fingerprint density at radius 2 is 1.81 bits per heavy atom. The zero-order valence-electron chi connectivity index (χ0n) is 21.0. The fourth-order valence-electron chi connectivity index (χ4n) is 5.52. The third-order valence-corrected chi connectivity index (χ3v) is 7.80. The molecule has 1 unspecified atom stereocenters. The summed E-state index contributed by atoms with van der Waals surface area (Å²) in [4.78, 5) is 31.0. The smallest absolute Gasteiger partial charge is 0.309 e. The van der Waals surface area contributed by atoms with E-state index in [1.807, 2.05) is 43.6 Å². The molecule has 1 N–H and O–H groups in total. The number of aryl methyl sites for hydroxylation is 2. The molecule has 4 aromatic rings. The van der Waals surface area contributed by atoms with Gasteiger partial charge in [0.25, 0.3) is 5.56 Å². The number of hydrogen-bond acceptors (Lipinski definition) is 5. The molecule has 6 rings (SSSR count). The molecule has 8 heteroatoms. The summed E-state index contributed by atoms with van der Waals surface area (Å²) in [5.74, 6) is -0.502. The Labute approximate surface area is 220 Å². The van der Waals surface area contributed by atoms with Crippen molar-refractivity contribution in [2.75, 3.05) is 0 Å². The van der Waals surface area contributed by atoms with E-state index in [9.17, 15) is 14.7 Å². The quantitative estimate of drug-likeness (QED) is 0.277. The van der Waals surface area contributed by atoms with Gasteiger partial charge in [0.1, 0.15) is 12.2 Å². The van der Waals surface area contributed by atoms with Crippen LogP contribution in [-0.2, 0) is 34.8 Å². The number of cyclic esters (lactones) is 1. The third kappa shape index (κ3) is 3.93. The van der Waals surface area contributed by atoms with Crippen molar-refractivity contribution in [2.24, 2.45) is 0 Å². The molecule has 2 aliphatic heterocycles. The molecule has 3 aromatic heterocycles. The molecule has 37 heavy (non-hydrogen) atoms. The first-order chi connectivity index (χ1) is 17.3. The van der Waals surface area contributed by atoms with Gasteiger partial charge < -0.3 is 26.8 Å². The standard InChI is InChI=1S/C29H28N3O4.ClH/c1-4-29(35)13-26(33)36-16-22-23(29)12-25-27-21(15-32(25)28(22)34)20(14-31-8-6-5-7-9-31)19-10-17(2)18(3)11-24(19)30-27;/h5-12,35H,4,13-16H2,1-3H3;1H/q+1;/p-1. The molecule has 1 aromatic carbocycles. The van der Waals surface area contributed by atoms with Gasteiger partial charge in [-0.2, -0.15) is 0 Å². The van der Waals surface area contributed by atoms with Gasteiger partial charge in [-0.25, -0.2) is 9.55 Å². The van der Waals surface area contributed by atoms with Crippen LogP contribution < -0.4 is 22.5 Å². The predicted octanol–water partition coefficient (Wildman–Crippen LogP) is 0.426. The van der Waals surface area contributed by atoms with Crippen LogP contribution >= 0.6 is 0 Å². The van der Waals surface area contributed by atoms with Crippen LogP contribution in [0.4, 0.5) is 0 Å². The molecule has 1 atom stereocenters. The van der Waals surface area contributed by atoms with E-state index in [2.05, 4.69) is 30.5 Å². The van der Waals surface area contributed by atoms with Gasteiger partial charge in [0.2, 0.25) is 0 Å². The van der Waals surface area contributed by atoms with Gasteiger partial charge in [-0.3, -0.25) is 9.59 Å². The van der Waals surface area contributed by atoms with Crippen LogP contribution in [0.5, 0.6) is 0 Å². The molecule has 0 fully saturated rings. The number of carbonyl (C=O) groups is 1. The SMILES string of the molecule is CCC1(O)CC(=O)OCc2c1cc1n(c2=O)Cc2c-1nc1cc(C)c(C)cc1c2C[n+]1ccccc1.[Cl-]. The van der Waals surface area contributed by atoms with Crippen LogP contribution in [-0.4, -0.2) is 20.6 Å². The summed E-state index contributed by atoms with van der Waals surface area (Å²) in [5.41, 5.74) is 5.92. The number of carbonyl (C=O) groups excluding carboxylic acids is 1. The number of hydrogen-bond donors (Lipinski definition) is 1. The van der Waals surface area contributed by atoms with E-state index < -0.39 is 11.6 Å². The Morgan fingerprint density at radius 1 is 1.08 bits per heavy atom. The number of ether oxygens (including phenoxy) is 1. The van der Waals surface area contributed by atoms with Crippen LogP contribution in [0.2, 0.25) is 0 Å². The first kappa shape index (κ1) is 25.1. The summed E-state index contributed by atoms with van der Waals surface area (Å²) in [5, 5.41) is 12.5. The number of fused-ring (bicyclic) bond motifs is 5. The number of pyridine rings is 3. The number of benzene rings is 1. The molecule has 0 saturated heterocycles. The average Bonchev–Trinajstić information content (AvgIpc) is 3.17. The lowest BCUT2D eigenvalue weighted by molar-refractivity contribution is -0.688. The minimum absolute atomic E-state index is 0. The highest BCUT2D eigenvalue weighted by Crippen LogP contribution is 2.40. The normalized spacial score (nSPS) is 17.9. The Kier molecular flexibility index (Phi) is 6.16. The maximum atomic E-state index is 13.7. The molecule has 5 heterocycles. The Hall–Kier alpha value is -3.55. The van der Waals surface area contributed by atoms with Gasteiger partial charge in [-0.1, -0.05) is 13.0 Å². The van der Waals surface area contributed by atoms with Crippen LogP contribution in [0.3, 0.4) is 0 Å². The van der Waals surface area contributed by atoms with Crippen molar-refractivity contribution in [3.8, 4) is 11.4 Å². The largest absolute Gasteiger partial charge is 1.00 e. The highest BCUT2D eigenvalue weighted by atomic mass is 35.5. The minimum Gasteiger partial charge on any atom is -1.00 e. The predicted molar refractivity (Wildman–Crippen MR) is 134 cm³/mol. The van der Waals surface area contributed by atoms with E-state index in [1.54, 1.807) is 4.57 Å². The monoisotopic (exact) mass is 517 g/mol. The van der Waals surface area contributed by atoms with Crippen LogP contribution in [0.25, 0.3) is 22.3 Å². The van der Waals surface area contributed by atoms with E-state index in [0.717, 1.165) is 33.3 Å². The van der Waals surface area contributed by atoms with Crippen molar-refractivity contribution >= 4 is 16.9 Å². The van der Waals surface area contributed by atoms with Crippen molar-refractivity contribution < 1.29 is 31.6 Å². The minimum atomic E-state index is -1.45. The zero-order chi connectivity index (χ0) is 25.2. The Morgan fingerprint density at radius 3 is 2.54 bits per heavy atom. The first-order valence-electron chi connectivity index (χ1n) is 12.3. The second kappa shape index (κ2) is 9.08. The number of aromatic nitrogens is 3. The van der Waals surface area contributed by atoms with Crippen molar-refractivity contribution in [1.82, 2.24) is 9.55 Å². The Balaban J connectivity index is 0.00000280. The maximum Gasteiger partial charge on any atom is 0.309 e. The van der Waals surface area contributed by atoms with Gasteiger partial charge in [0.15, 0.2) is 18.9 Å². The molecule has 0 saturated carbocycles. The van der Waals surface area contributed by atoms with Crippen LogP contribution in [0.15, 0.2) is 53.6 Å². The second-order valence-electron chi connectivity index (χ2n) is 9.95. The van der Waals surface area contributed by atoms with Crippen molar-refractivity contribution in [1.29, 1.82) is 0 Å². The fraction of sp³-hybridized carbons (Fsp3) is 0.310. The van der Waals surface area contributed by atoms with E-state index >= 15 is 0 Å². The zero-order valence-corrected chi connectivity index (χ0v) is 21.8. The summed E-state index contributed by atoms with van der Waals surface area (Å²) in [6, 6.07) is 12.1. The summed E-state index contributed by atoms with van der Waals surface area (Å²) in [6.07, 6.45) is 4.19. The maximum absolute atomic E-state index is 13.7. The topological polar surface area (TPSA) is 85.3 Å². The molecule has 0 bridgehead atoms. The molecule has 0 spiro atoms. The van der Waals surface area contributed by atoms with Gasteiger partial charge in [-0.15, -0.1) is 0 Å². The van der Waals surface area contributed by atoms with Crippen LogP contribution in [0.1, 0.15) is 53.1 Å². The van der Waals surface area contributed by atoms with Crippen molar-refractivity contribution in [3.05, 3.63) is 92.5 Å². The lowest BCUT2D eigenvalue weighted by Gasteiger charge is -2.26.